The van der Waals surface area contributed by atoms with E-state index >= 15 is 0 Å². The van der Waals surface area contributed by atoms with Crippen molar-refractivity contribution < 1.29 is 22.4 Å². The standard InChI is InChI=1S/C23H29ClFN3O4S/c1-4-13-26-23(30)21(5-2)27(15-17-9-6-7-12-20(17)24)22(29)16-28(33(3,31)32)19-11-8-10-18(25)14-19/h6-12,14,21H,4-5,13,15-16H2,1-3H3,(H,26,30)/t21-/m0/s1. The van der Waals surface area contributed by atoms with E-state index in [1.54, 1.807) is 31.2 Å². The summed E-state index contributed by atoms with van der Waals surface area (Å²) < 4.78 is 39.5. The molecule has 2 aromatic rings. The third-order valence-corrected chi connectivity index (χ3v) is 6.52. The maximum absolute atomic E-state index is 13.8. The largest absolute Gasteiger partial charge is 0.354 e. The predicted octanol–water partition coefficient (Wildman–Crippen LogP) is 3.58. The molecule has 2 rings (SSSR count). The summed E-state index contributed by atoms with van der Waals surface area (Å²) in [7, 11) is -3.92. The Bertz CT molecular complexity index is 1080. The van der Waals surface area contributed by atoms with Crippen LogP contribution in [0, 0.1) is 5.82 Å². The molecule has 7 nitrogen and oxygen atoms in total. The lowest BCUT2D eigenvalue weighted by atomic mass is 10.1. The smallest absolute Gasteiger partial charge is 0.244 e. The molecule has 1 N–H and O–H groups in total. The number of hydrogen-bond donors (Lipinski definition) is 1. The number of anilines is 1. The summed E-state index contributed by atoms with van der Waals surface area (Å²) in [6, 6.07) is 11.1. The van der Waals surface area contributed by atoms with E-state index in [9.17, 15) is 22.4 Å². The molecule has 1 atom stereocenters. The van der Waals surface area contributed by atoms with Crippen LogP contribution in [0.5, 0.6) is 0 Å². The van der Waals surface area contributed by atoms with Gasteiger partial charge in [-0.25, -0.2) is 12.8 Å². The van der Waals surface area contributed by atoms with Crippen molar-refractivity contribution in [3.05, 3.63) is 64.9 Å². The van der Waals surface area contributed by atoms with Crippen molar-refractivity contribution in [3.8, 4) is 0 Å². The molecule has 0 saturated heterocycles. The number of nitrogens with zero attached hydrogens (tertiary/aromatic N) is 2. The monoisotopic (exact) mass is 497 g/mol. The highest BCUT2D eigenvalue weighted by Crippen LogP contribution is 2.22. The van der Waals surface area contributed by atoms with Gasteiger partial charge in [0.25, 0.3) is 0 Å². The maximum atomic E-state index is 13.8. The topological polar surface area (TPSA) is 86.8 Å². The van der Waals surface area contributed by atoms with Crippen LogP contribution in [-0.4, -0.2) is 50.5 Å². The fraction of sp³-hybridized carbons (Fsp3) is 0.391. The van der Waals surface area contributed by atoms with Crippen LogP contribution in [0.3, 0.4) is 0 Å². The van der Waals surface area contributed by atoms with Crippen molar-refractivity contribution in [2.45, 2.75) is 39.3 Å². The lowest BCUT2D eigenvalue weighted by molar-refractivity contribution is -0.140. The van der Waals surface area contributed by atoms with Crippen LogP contribution in [-0.2, 0) is 26.2 Å². The molecular weight excluding hydrogens is 469 g/mol. The maximum Gasteiger partial charge on any atom is 0.244 e. The van der Waals surface area contributed by atoms with Crippen LogP contribution < -0.4 is 9.62 Å². The van der Waals surface area contributed by atoms with Gasteiger partial charge in [-0.1, -0.05) is 49.7 Å². The Morgan fingerprint density at radius 2 is 1.82 bits per heavy atom. The average molecular weight is 498 g/mol. The molecule has 0 unspecified atom stereocenters. The zero-order valence-electron chi connectivity index (χ0n) is 18.9. The molecule has 2 aromatic carbocycles. The molecule has 33 heavy (non-hydrogen) atoms. The molecule has 0 aromatic heterocycles. The Balaban J connectivity index is 2.44. The van der Waals surface area contributed by atoms with Crippen LogP contribution >= 0.6 is 11.6 Å². The van der Waals surface area contributed by atoms with E-state index in [1.807, 2.05) is 6.92 Å². The molecule has 0 radical (unpaired) electrons. The third kappa shape index (κ3) is 7.43. The number of sulfonamides is 1. The minimum Gasteiger partial charge on any atom is -0.354 e. The second-order valence-corrected chi connectivity index (χ2v) is 9.89. The van der Waals surface area contributed by atoms with Gasteiger partial charge < -0.3 is 10.2 Å². The van der Waals surface area contributed by atoms with Gasteiger partial charge in [0, 0.05) is 18.1 Å². The van der Waals surface area contributed by atoms with E-state index in [1.165, 1.54) is 23.1 Å². The predicted molar refractivity (Wildman–Crippen MR) is 128 cm³/mol. The molecular formula is C23H29ClFN3O4S. The van der Waals surface area contributed by atoms with Crippen molar-refractivity contribution >= 4 is 39.1 Å². The number of amides is 2. The van der Waals surface area contributed by atoms with E-state index < -0.39 is 34.3 Å². The number of carbonyl (C=O) groups excluding carboxylic acids is 2. The lowest BCUT2D eigenvalue weighted by Crippen LogP contribution is -2.52. The van der Waals surface area contributed by atoms with Crippen LogP contribution in [0.25, 0.3) is 0 Å². The Morgan fingerprint density at radius 1 is 1.12 bits per heavy atom. The molecule has 0 fully saturated rings. The molecule has 0 bridgehead atoms. The van der Waals surface area contributed by atoms with Gasteiger partial charge in [0.1, 0.15) is 18.4 Å². The van der Waals surface area contributed by atoms with Gasteiger partial charge in [-0.2, -0.15) is 0 Å². The van der Waals surface area contributed by atoms with E-state index in [-0.39, 0.29) is 18.1 Å². The van der Waals surface area contributed by atoms with Gasteiger partial charge in [0.05, 0.1) is 11.9 Å². The summed E-state index contributed by atoms with van der Waals surface area (Å²) in [6.07, 6.45) is 1.97. The molecule has 180 valence electrons. The van der Waals surface area contributed by atoms with Crippen LogP contribution in [0.15, 0.2) is 48.5 Å². The first-order valence-corrected chi connectivity index (χ1v) is 12.8. The zero-order chi connectivity index (χ0) is 24.6. The van der Waals surface area contributed by atoms with Gasteiger partial charge in [-0.05, 0) is 42.7 Å². The van der Waals surface area contributed by atoms with Crippen molar-refractivity contribution in [1.82, 2.24) is 10.2 Å². The molecule has 0 spiro atoms. The summed E-state index contributed by atoms with van der Waals surface area (Å²) in [5.41, 5.74) is 0.637. The second-order valence-electron chi connectivity index (χ2n) is 7.58. The summed E-state index contributed by atoms with van der Waals surface area (Å²) in [5.74, 6) is -1.58. The fourth-order valence-corrected chi connectivity index (χ4v) is 4.38. The van der Waals surface area contributed by atoms with Crippen molar-refractivity contribution in [2.24, 2.45) is 0 Å². The molecule has 2 amide bonds. The summed E-state index contributed by atoms with van der Waals surface area (Å²) in [6.45, 7) is 3.55. The Labute approximate surface area is 199 Å². The van der Waals surface area contributed by atoms with Gasteiger partial charge in [-0.3, -0.25) is 13.9 Å². The van der Waals surface area contributed by atoms with E-state index in [2.05, 4.69) is 5.32 Å². The highest BCUT2D eigenvalue weighted by atomic mass is 35.5. The first kappa shape index (κ1) is 26.6. The van der Waals surface area contributed by atoms with E-state index in [0.29, 0.717) is 23.6 Å². The van der Waals surface area contributed by atoms with Gasteiger partial charge in [-0.15, -0.1) is 0 Å². The number of benzene rings is 2. The number of hydrogen-bond acceptors (Lipinski definition) is 4. The molecule has 0 aliphatic rings. The first-order chi connectivity index (χ1) is 15.6. The zero-order valence-corrected chi connectivity index (χ0v) is 20.5. The third-order valence-electron chi connectivity index (χ3n) is 5.01. The van der Waals surface area contributed by atoms with Crippen molar-refractivity contribution in [3.63, 3.8) is 0 Å². The highest BCUT2D eigenvalue weighted by molar-refractivity contribution is 7.92. The van der Waals surface area contributed by atoms with Crippen LogP contribution in [0.1, 0.15) is 32.3 Å². The quantitative estimate of drug-likeness (QED) is 0.514. The van der Waals surface area contributed by atoms with Crippen molar-refractivity contribution in [1.29, 1.82) is 0 Å². The number of halogens is 2. The Kier molecular flexibility index (Phi) is 9.67. The molecule has 0 aliphatic carbocycles. The molecule has 0 saturated carbocycles. The number of nitrogens with one attached hydrogen (secondary N) is 1. The summed E-state index contributed by atoms with van der Waals surface area (Å²) in [5, 5.41) is 3.22. The summed E-state index contributed by atoms with van der Waals surface area (Å²) in [4.78, 5) is 27.6. The van der Waals surface area contributed by atoms with Crippen LogP contribution in [0.4, 0.5) is 10.1 Å². The number of carbonyl (C=O) groups is 2. The van der Waals surface area contributed by atoms with E-state index in [0.717, 1.165) is 23.0 Å². The van der Waals surface area contributed by atoms with Gasteiger partial charge in [0.2, 0.25) is 21.8 Å². The lowest BCUT2D eigenvalue weighted by Gasteiger charge is -2.33. The first-order valence-electron chi connectivity index (χ1n) is 10.6. The molecule has 10 heteroatoms. The van der Waals surface area contributed by atoms with E-state index in [4.69, 9.17) is 11.6 Å². The normalized spacial score (nSPS) is 12.2. The Hall–Kier alpha value is -2.65. The summed E-state index contributed by atoms with van der Waals surface area (Å²) >= 11 is 6.29. The molecule has 0 heterocycles. The second kappa shape index (κ2) is 12.0. The minimum atomic E-state index is -3.92. The van der Waals surface area contributed by atoms with Crippen LogP contribution in [0.2, 0.25) is 5.02 Å². The average Bonchev–Trinajstić information content (AvgIpc) is 2.76. The molecule has 0 aliphatic heterocycles. The van der Waals surface area contributed by atoms with Crippen molar-refractivity contribution in [2.75, 3.05) is 23.7 Å². The minimum absolute atomic E-state index is 0.0112. The highest BCUT2D eigenvalue weighted by Gasteiger charge is 2.32. The SMILES string of the molecule is CCCNC(=O)[C@H](CC)N(Cc1ccccc1Cl)C(=O)CN(c1cccc(F)c1)S(C)(=O)=O. The van der Waals surface area contributed by atoms with Gasteiger partial charge >= 0.3 is 0 Å². The Morgan fingerprint density at radius 3 is 2.39 bits per heavy atom. The van der Waals surface area contributed by atoms with Gasteiger partial charge in [0.15, 0.2) is 0 Å². The number of rotatable bonds is 11. The fourth-order valence-electron chi connectivity index (χ4n) is 3.34.